The van der Waals surface area contributed by atoms with Crippen molar-refractivity contribution in [3.8, 4) is 5.75 Å². The lowest BCUT2D eigenvalue weighted by Crippen LogP contribution is -2.39. The van der Waals surface area contributed by atoms with Crippen LogP contribution in [0.4, 0.5) is 4.39 Å². The maximum atomic E-state index is 13.6. The van der Waals surface area contributed by atoms with Crippen molar-refractivity contribution >= 4 is 35.0 Å². The van der Waals surface area contributed by atoms with Crippen LogP contribution >= 0.6 is 22.9 Å². The Morgan fingerprint density at radius 1 is 1.21 bits per heavy atom. The van der Waals surface area contributed by atoms with Crippen LogP contribution in [0.3, 0.4) is 0 Å². The number of hydrogen-bond donors (Lipinski definition) is 0. The molecular formula is C28H22ClFN2O5S. The molecule has 7 nitrogen and oxygen atoms in total. The summed E-state index contributed by atoms with van der Waals surface area (Å²) in [6.45, 7) is 3.78. The third-order valence-electron chi connectivity index (χ3n) is 5.86. The van der Waals surface area contributed by atoms with E-state index in [1.807, 2.05) is 30.3 Å². The first-order valence-corrected chi connectivity index (χ1v) is 13.0. The SMILES string of the molecule is CCOC(=O)C1=C(C)N=c2sc(=Cc3ccc(COc4ccc(F)c(Cl)c4)o3)c(=O)n2[C@H]1c1ccccc1. The molecule has 2 aromatic heterocycles. The van der Waals surface area contributed by atoms with Crippen molar-refractivity contribution in [3.63, 3.8) is 0 Å². The Labute approximate surface area is 225 Å². The minimum atomic E-state index is -0.670. The van der Waals surface area contributed by atoms with Crippen molar-refractivity contribution in [2.45, 2.75) is 26.5 Å². The van der Waals surface area contributed by atoms with Crippen molar-refractivity contribution in [3.05, 3.63) is 120 Å². The van der Waals surface area contributed by atoms with Crippen LogP contribution in [-0.4, -0.2) is 17.1 Å². The number of rotatable bonds is 7. The number of esters is 1. The zero-order chi connectivity index (χ0) is 26.8. The molecule has 0 aliphatic carbocycles. The van der Waals surface area contributed by atoms with Crippen LogP contribution in [-0.2, 0) is 16.1 Å². The van der Waals surface area contributed by atoms with E-state index in [0.29, 0.717) is 37.9 Å². The Morgan fingerprint density at radius 2 is 2.00 bits per heavy atom. The van der Waals surface area contributed by atoms with Gasteiger partial charge in [0, 0.05) is 12.1 Å². The average molecular weight is 553 g/mol. The summed E-state index contributed by atoms with van der Waals surface area (Å²) in [4.78, 5) is 31.5. The highest BCUT2D eigenvalue weighted by molar-refractivity contribution is 7.07. The second-order valence-electron chi connectivity index (χ2n) is 8.38. The second kappa shape index (κ2) is 10.8. The molecule has 0 N–H and O–H groups in total. The van der Waals surface area contributed by atoms with Gasteiger partial charge in [-0.05, 0) is 43.7 Å². The van der Waals surface area contributed by atoms with Gasteiger partial charge in [-0.15, -0.1) is 0 Å². The number of carbonyl (C=O) groups excluding carboxylic acids is 1. The van der Waals surface area contributed by atoms with Gasteiger partial charge < -0.3 is 13.9 Å². The summed E-state index contributed by atoms with van der Waals surface area (Å²) in [5.41, 5.74) is 1.31. The lowest BCUT2D eigenvalue weighted by molar-refractivity contribution is -0.139. The molecule has 3 heterocycles. The quantitative estimate of drug-likeness (QED) is 0.309. The van der Waals surface area contributed by atoms with E-state index in [1.54, 1.807) is 32.1 Å². The first-order chi connectivity index (χ1) is 18.4. The Balaban J connectivity index is 1.49. The Bertz CT molecular complexity index is 1720. The molecule has 0 fully saturated rings. The predicted octanol–water partition coefficient (Wildman–Crippen LogP) is 4.76. The van der Waals surface area contributed by atoms with Crippen molar-refractivity contribution in [2.24, 2.45) is 4.99 Å². The van der Waals surface area contributed by atoms with Crippen molar-refractivity contribution < 1.29 is 23.1 Å². The third kappa shape index (κ3) is 5.07. The number of allylic oxidation sites excluding steroid dienone is 1. The summed E-state index contributed by atoms with van der Waals surface area (Å²) in [5.74, 6) is 0.321. The molecule has 5 rings (SSSR count). The molecule has 0 saturated carbocycles. The second-order valence-corrected chi connectivity index (χ2v) is 9.80. The normalized spacial score (nSPS) is 15.3. The molecule has 0 spiro atoms. The molecule has 0 amide bonds. The summed E-state index contributed by atoms with van der Waals surface area (Å²) >= 11 is 7.01. The molecule has 0 bridgehead atoms. The van der Waals surface area contributed by atoms with E-state index in [2.05, 4.69) is 4.99 Å². The molecule has 38 heavy (non-hydrogen) atoms. The van der Waals surface area contributed by atoms with E-state index in [9.17, 15) is 14.0 Å². The summed E-state index contributed by atoms with van der Waals surface area (Å²) in [7, 11) is 0. The van der Waals surface area contributed by atoms with Gasteiger partial charge in [-0.1, -0.05) is 53.3 Å². The number of halogens is 2. The number of nitrogens with zero attached hydrogens (tertiary/aromatic N) is 2. The zero-order valence-corrected chi connectivity index (χ0v) is 22.0. The maximum absolute atomic E-state index is 13.6. The van der Waals surface area contributed by atoms with Gasteiger partial charge in [-0.3, -0.25) is 9.36 Å². The molecule has 0 saturated heterocycles. The van der Waals surface area contributed by atoms with Gasteiger partial charge in [0.1, 0.15) is 29.7 Å². The van der Waals surface area contributed by atoms with Crippen molar-refractivity contribution in [1.82, 2.24) is 4.57 Å². The highest BCUT2D eigenvalue weighted by atomic mass is 35.5. The highest BCUT2D eigenvalue weighted by Crippen LogP contribution is 2.30. The number of ether oxygens (including phenoxy) is 2. The van der Waals surface area contributed by atoms with Gasteiger partial charge in [0.05, 0.1) is 33.5 Å². The molecule has 0 unspecified atom stereocenters. The minimum absolute atomic E-state index is 0.0341. The molecule has 194 valence electrons. The fourth-order valence-electron chi connectivity index (χ4n) is 4.14. The molecule has 4 aromatic rings. The maximum Gasteiger partial charge on any atom is 0.338 e. The summed E-state index contributed by atoms with van der Waals surface area (Å²) < 4.78 is 32.0. The summed E-state index contributed by atoms with van der Waals surface area (Å²) in [5, 5.41) is -0.0341. The van der Waals surface area contributed by atoms with Gasteiger partial charge in [-0.2, -0.15) is 0 Å². The molecule has 1 aliphatic rings. The van der Waals surface area contributed by atoms with Crippen LogP contribution in [0.15, 0.2) is 86.1 Å². The van der Waals surface area contributed by atoms with E-state index in [0.717, 1.165) is 5.56 Å². The van der Waals surface area contributed by atoms with E-state index < -0.39 is 17.8 Å². The number of furan rings is 1. The van der Waals surface area contributed by atoms with Crippen LogP contribution in [0.2, 0.25) is 5.02 Å². The van der Waals surface area contributed by atoms with Gasteiger partial charge in [0.2, 0.25) is 0 Å². The van der Waals surface area contributed by atoms with Crippen molar-refractivity contribution in [1.29, 1.82) is 0 Å². The van der Waals surface area contributed by atoms with Gasteiger partial charge in [0.15, 0.2) is 4.80 Å². The first kappa shape index (κ1) is 25.7. The number of benzene rings is 2. The Hall–Kier alpha value is -3.95. The molecular weight excluding hydrogens is 531 g/mol. The fourth-order valence-corrected chi connectivity index (χ4v) is 5.34. The first-order valence-electron chi connectivity index (χ1n) is 11.8. The number of thiazole rings is 1. The van der Waals surface area contributed by atoms with Crippen LogP contribution in [0, 0.1) is 5.82 Å². The predicted molar refractivity (Wildman–Crippen MR) is 141 cm³/mol. The van der Waals surface area contributed by atoms with Crippen LogP contribution < -0.4 is 19.6 Å². The number of aromatic nitrogens is 1. The molecule has 1 atom stereocenters. The molecule has 2 aromatic carbocycles. The Kier molecular flexibility index (Phi) is 7.31. The number of fused-ring (bicyclic) bond motifs is 1. The standard InChI is InChI=1S/C28H22ClFN2O5S/c1-3-35-27(34)24-16(2)31-28-32(25(24)17-7-5-4-6-8-17)26(33)23(38-28)14-19-9-10-20(37-19)15-36-18-11-12-22(30)21(29)13-18/h4-14,25H,3,15H2,1-2H3/t25-/m0/s1. The third-order valence-corrected chi connectivity index (χ3v) is 7.13. The fraction of sp³-hybridized carbons (Fsp3) is 0.179. The van der Waals surface area contributed by atoms with Gasteiger partial charge in [-0.25, -0.2) is 14.2 Å². The Morgan fingerprint density at radius 3 is 2.74 bits per heavy atom. The van der Waals surface area contributed by atoms with E-state index in [1.165, 1.54) is 34.1 Å². The van der Waals surface area contributed by atoms with Gasteiger partial charge in [0.25, 0.3) is 5.56 Å². The molecule has 10 heteroatoms. The van der Waals surface area contributed by atoms with Crippen molar-refractivity contribution in [2.75, 3.05) is 6.61 Å². The lowest BCUT2D eigenvalue weighted by atomic mass is 9.96. The van der Waals surface area contributed by atoms with E-state index >= 15 is 0 Å². The highest BCUT2D eigenvalue weighted by Gasteiger charge is 2.33. The smallest absolute Gasteiger partial charge is 0.338 e. The largest absolute Gasteiger partial charge is 0.486 e. The van der Waals surface area contributed by atoms with Crippen LogP contribution in [0.25, 0.3) is 6.08 Å². The number of carbonyl (C=O) groups is 1. The monoisotopic (exact) mass is 552 g/mol. The average Bonchev–Trinajstić information content (AvgIpc) is 3.48. The minimum Gasteiger partial charge on any atom is -0.486 e. The van der Waals surface area contributed by atoms with Crippen LogP contribution in [0.5, 0.6) is 5.75 Å². The molecule has 1 aliphatic heterocycles. The summed E-state index contributed by atoms with van der Waals surface area (Å²) in [6.07, 6.45) is 1.63. The lowest BCUT2D eigenvalue weighted by Gasteiger charge is -2.24. The zero-order valence-electron chi connectivity index (χ0n) is 20.4. The van der Waals surface area contributed by atoms with Crippen LogP contribution in [0.1, 0.15) is 37.0 Å². The van der Waals surface area contributed by atoms with E-state index in [-0.39, 0.29) is 23.8 Å². The number of hydrogen-bond acceptors (Lipinski definition) is 7. The van der Waals surface area contributed by atoms with Gasteiger partial charge >= 0.3 is 5.97 Å². The van der Waals surface area contributed by atoms with E-state index in [4.69, 9.17) is 25.5 Å². The topological polar surface area (TPSA) is 83.0 Å². The summed E-state index contributed by atoms with van der Waals surface area (Å²) in [6, 6.07) is 16.2. The molecule has 0 radical (unpaired) electrons.